The number of anilines is 2. The number of hydrogen-bond donors (Lipinski definition) is 2. The van der Waals surface area contributed by atoms with Crippen molar-refractivity contribution in [3.63, 3.8) is 0 Å². The minimum Gasteiger partial charge on any atom is -0.323 e. The van der Waals surface area contributed by atoms with Crippen LogP contribution in [0, 0.1) is 20.8 Å². The van der Waals surface area contributed by atoms with Crippen LogP contribution in [0.4, 0.5) is 11.4 Å². The predicted molar refractivity (Wildman–Crippen MR) is 108 cm³/mol. The summed E-state index contributed by atoms with van der Waals surface area (Å²) >= 11 is 0. The zero-order valence-electron chi connectivity index (χ0n) is 15.5. The van der Waals surface area contributed by atoms with E-state index in [4.69, 9.17) is 0 Å². The number of aryl methyl sites for hydroxylation is 3. The molecule has 0 bridgehead atoms. The molecular formula is C20H24N2O3S. The summed E-state index contributed by atoms with van der Waals surface area (Å²) in [5, 5.41) is 2.78. The molecule has 0 aliphatic heterocycles. The van der Waals surface area contributed by atoms with E-state index in [0.29, 0.717) is 11.4 Å². The first-order valence-corrected chi connectivity index (χ1v) is 10.0. The largest absolute Gasteiger partial charge is 0.323 e. The third kappa shape index (κ3) is 5.46. The second-order valence-corrected chi connectivity index (χ2v) is 8.23. The summed E-state index contributed by atoms with van der Waals surface area (Å²) in [6, 6.07) is 11.1. The molecule has 2 aromatic rings. The number of hydrogen-bond acceptors (Lipinski definition) is 3. The van der Waals surface area contributed by atoms with Crippen LogP contribution in [0.25, 0.3) is 6.08 Å². The Morgan fingerprint density at radius 2 is 1.77 bits per heavy atom. The Morgan fingerprint density at radius 3 is 2.38 bits per heavy atom. The molecule has 1 amide bonds. The van der Waals surface area contributed by atoms with Gasteiger partial charge in [-0.2, -0.15) is 0 Å². The van der Waals surface area contributed by atoms with Gasteiger partial charge in [0.25, 0.3) is 0 Å². The molecule has 0 unspecified atom stereocenters. The maximum atomic E-state index is 12.1. The lowest BCUT2D eigenvalue weighted by atomic mass is 10.1. The van der Waals surface area contributed by atoms with Gasteiger partial charge in [0.15, 0.2) is 0 Å². The third-order valence-electron chi connectivity index (χ3n) is 3.98. The molecule has 6 heteroatoms. The van der Waals surface area contributed by atoms with Gasteiger partial charge in [-0.3, -0.25) is 9.52 Å². The first-order valence-electron chi connectivity index (χ1n) is 8.37. The number of nitrogens with one attached hydrogen (secondary N) is 2. The van der Waals surface area contributed by atoms with Gasteiger partial charge in [-0.25, -0.2) is 8.42 Å². The average Bonchev–Trinajstić information content (AvgIpc) is 2.56. The summed E-state index contributed by atoms with van der Waals surface area (Å²) in [6.07, 6.45) is 3.27. The fourth-order valence-electron chi connectivity index (χ4n) is 2.46. The summed E-state index contributed by atoms with van der Waals surface area (Å²) in [7, 11) is -3.33. The Morgan fingerprint density at radius 1 is 1.04 bits per heavy atom. The molecule has 2 rings (SSSR count). The van der Waals surface area contributed by atoms with Crippen LogP contribution < -0.4 is 10.0 Å². The van der Waals surface area contributed by atoms with E-state index in [2.05, 4.69) is 16.1 Å². The monoisotopic (exact) mass is 372 g/mol. The van der Waals surface area contributed by atoms with Gasteiger partial charge in [0.1, 0.15) is 0 Å². The zero-order chi connectivity index (χ0) is 19.3. The van der Waals surface area contributed by atoms with Crippen LogP contribution in [-0.4, -0.2) is 20.1 Å². The lowest BCUT2D eigenvalue weighted by Gasteiger charge is -2.11. The number of carbonyl (C=O) groups excluding carboxylic acids is 1. The van der Waals surface area contributed by atoms with E-state index in [9.17, 15) is 13.2 Å². The van der Waals surface area contributed by atoms with Gasteiger partial charge >= 0.3 is 0 Å². The first kappa shape index (κ1) is 19.7. The quantitative estimate of drug-likeness (QED) is 0.752. The van der Waals surface area contributed by atoms with E-state index in [1.807, 2.05) is 26.0 Å². The topological polar surface area (TPSA) is 75.3 Å². The Bertz CT molecular complexity index is 948. The van der Waals surface area contributed by atoms with Crippen molar-refractivity contribution >= 4 is 33.4 Å². The maximum absolute atomic E-state index is 12.1. The molecule has 0 aliphatic rings. The van der Waals surface area contributed by atoms with Crippen LogP contribution in [-0.2, 0) is 14.8 Å². The highest BCUT2D eigenvalue weighted by Crippen LogP contribution is 2.21. The molecule has 2 N–H and O–H groups in total. The average molecular weight is 372 g/mol. The minimum absolute atomic E-state index is 0.00808. The number of amides is 1. The van der Waals surface area contributed by atoms with Crippen molar-refractivity contribution in [3.8, 4) is 0 Å². The molecule has 0 heterocycles. The molecule has 0 fully saturated rings. The van der Waals surface area contributed by atoms with Crippen molar-refractivity contribution in [2.45, 2.75) is 27.7 Å². The van der Waals surface area contributed by atoms with E-state index < -0.39 is 10.0 Å². The van der Waals surface area contributed by atoms with E-state index in [1.54, 1.807) is 38.1 Å². The fourth-order valence-corrected chi connectivity index (χ4v) is 3.17. The molecule has 0 aromatic heterocycles. The van der Waals surface area contributed by atoms with Crippen LogP contribution in [0.2, 0.25) is 0 Å². The second-order valence-electron chi connectivity index (χ2n) is 6.22. The zero-order valence-corrected chi connectivity index (χ0v) is 16.3. The van der Waals surface area contributed by atoms with E-state index >= 15 is 0 Å². The Balaban J connectivity index is 2.07. The van der Waals surface area contributed by atoms with Crippen LogP contribution >= 0.6 is 0 Å². The summed E-state index contributed by atoms with van der Waals surface area (Å²) in [5.74, 6) is -0.236. The highest BCUT2D eigenvalue weighted by molar-refractivity contribution is 7.92. The predicted octanol–water partition coefficient (Wildman–Crippen LogP) is 4.03. The van der Waals surface area contributed by atoms with Gasteiger partial charge < -0.3 is 5.32 Å². The lowest BCUT2D eigenvalue weighted by molar-refractivity contribution is -0.111. The fraction of sp³-hybridized carbons (Fsp3) is 0.250. The number of rotatable bonds is 6. The Labute approximate surface area is 155 Å². The smallest absolute Gasteiger partial charge is 0.248 e. The minimum atomic E-state index is -3.33. The van der Waals surface area contributed by atoms with Crippen molar-refractivity contribution in [2.24, 2.45) is 0 Å². The first-order chi connectivity index (χ1) is 12.2. The SMILES string of the molecule is CCS(=O)(=O)Nc1ccc(NC(=O)/C=C/c2ccc(C)cc2C)cc1C. The third-order valence-corrected chi connectivity index (χ3v) is 5.27. The van der Waals surface area contributed by atoms with Gasteiger partial charge in [-0.15, -0.1) is 0 Å². The molecule has 0 aliphatic carbocycles. The van der Waals surface area contributed by atoms with Gasteiger partial charge in [-0.05, 0) is 68.7 Å². The molecule has 0 radical (unpaired) electrons. The second kappa shape index (κ2) is 8.19. The molecule has 0 saturated heterocycles. The maximum Gasteiger partial charge on any atom is 0.248 e. The van der Waals surface area contributed by atoms with Gasteiger partial charge in [0, 0.05) is 11.8 Å². The molecule has 0 atom stereocenters. The van der Waals surface area contributed by atoms with Crippen LogP contribution in [0.1, 0.15) is 29.2 Å². The number of carbonyl (C=O) groups is 1. The van der Waals surface area contributed by atoms with Crippen LogP contribution in [0.3, 0.4) is 0 Å². The lowest BCUT2D eigenvalue weighted by Crippen LogP contribution is -2.15. The number of sulfonamides is 1. The van der Waals surface area contributed by atoms with Crippen molar-refractivity contribution in [1.82, 2.24) is 0 Å². The van der Waals surface area contributed by atoms with Crippen molar-refractivity contribution in [1.29, 1.82) is 0 Å². The van der Waals surface area contributed by atoms with E-state index in [1.165, 1.54) is 11.6 Å². The van der Waals surface area contributed by atoms with E-state index in [-0.39, 0.29) is 11.7 Å². The molecule has 5 nitrogen and oxygen atoms in total. The Kier molecular flexibility index (Phi) is 6.21. The molecule has 0 spiro atoms. The van der Waals surface area contributed by atoms with Gasteiger partial charge in [-0.1, -0.05) is 23.8 Å². The van der Waals surface area contributed by atoms with Gasteiger partial charge in [0.05, 0.1) is 11.4 Å². The summed E-state index contributed by atoms with van der Waals surface area (Å²) in [4.78, 5) is 12.1. The molecule has 0 saturated carbocycles. The van der Waals surface area contributed by atoms with Gasteiger partial charge in [0.2, 0.25) is 15.9 Å². The Hall–Kier alpha value is -2.60. The van der Waals surface area contributed by atoms with E-state index in [0.717, 1.165) is 16.7 Å². The standard InChI is InChI=1S/C20H24N2O3S/c1-5-26(24,25)22-19-10-9-18(13-16(19)4)21-20(23)11-8-17-7-6-14(2)12-15(17)3/h6-13,22H,5H2,1-4H3,(H,21,23)/b11-8+. The summed E-state index contributed by atoms with van der Waals surface area (Å²) in [6.45, 7) is 7.40. The summed E-state index contributed by atoms with van der Waals surface area (Å²) in [5.41, 5.74) is 5.13. The highest BCUT2D eigenvalue weighted by atomic mass is 32.2. The normalized spacial score (nSPS) is 11.5. The molecule has 26 heavy (non-hydrogen) atoms. The highest BCUT2D eigenvalue weighted by Gasteiger charge is 2.09. The van der Waals surface area contributed by atoms with Crippen molar-refractivity contribution in [3.05, 3.63) is 64.7 Å². The van der Waals surface area contributed by atoms with Crippen LogP contribution in [0.5, 0.6) is 0 Å². The van der Waals surface area contributed by atoms with Crippen molar-refractivity contribution < 1.29 is 13.2 Å². The molecule has 2 aromatic carbocycles. The molecular weight excluding hydrogens is 348 g/mol. The van der Waals surface area contributed by atoms with Crippen molar-refractivity contribution in [2.75, 3.05) is 15.8 Å². The van der Waals surface area contributed by atoms with Crippen LogP contribution in [0.15, 0.2) is 42.5 Å². The molecule has 138 valence electrons. The summed E-state index contributed by atoms with van der Waals surface area (Å²) < 4.78 is 25.8. The number of benzene rings is 2.